The van der Waals surface area contributed by atoms with Gasteiger partial charge in [-0.3, -0.25) is 4.90 Å². The van der Waals surface area contributed by atoms with Crippen LogP contribution in [0.25, 0.3) is 0 Å². The van der Waals surface area contributed by atoms with Crippen LogP contribution in [0.3, 0.4) is 0 Å². The molecule has 3 heteroatoms. The molecule has 3 nitrogen and oxygen atoms in total. The van der Waals surface area contributed by atoms with Crippen molar-refractivity contribution < 1.29 is 9.47 Å². The van der Waals surface area contributed by atoms with Gasteiger partial charge in [-0.05, 0) is 36.8 Å². The van der Waals surface area contributed by atoms with Crippen LogP contribution in [0.4, 0.5) is 0 Å². The predicted molar refractivity (Wildman–Crippen MR) is 110 cm³/mol. The summed E-state index contributed by atoms with van der Waals surface area (Å²) in [7, 11) is 0. The lowest BCUT2D eigenvalue weighted by atomic mass is 9.97. The van der Waals surface area contributed by atoms with Gasteiger partial charge in [0, 0.05) is 13.1 Å². The van der Waals surface area contributed by atoms with Gasteiger partial charge in [-0.2, -0.15) is 0 Å². The van der Waals surface area contributed by atoms with Gasteiger partial charge < -0.3 is 9.47 Å². The molecule has 0 bridgehead atoms. The van der Waals surface area contributed by atoms with E-state index in [0.717, 1.165) is 19.5 Å². The summed E-state index contributed by atoms with van der Waals surface area (Å²) in [6, 6.07) is 20.9. The van der Waals surface area contributed by atoms with Gasteiger partial charge in [0.1, 0.15) is 5.72 Å². The normalized spacial score (nSPS) is 20.6. The molecule has 2 aromatic rings. The Labute approximate surface area is 164 Å². The van der Waals surface area contributed by atoms with Crippen molar-refractivity contribution in [1.29, 1.82) is 0 Å². The maximum absolute atomic E-state index is 6.61. The molecule has 1 atom stereocenters. The molecule has 146 valence electrons. The standard InChI is InChI=1S/C24H33NO2/c1-2-3-17-25-18-11-10-16-24(25,27-20-23-14-8-5-9-15-23)21-26-19-22-12-6-4-7-13-22/h4-9,12-15H,2-3,10-11,16-21H2,1H3. The Hall–Kier alpha value is -1.68. The average molecular weight is 368 g/mol. The molecule has 0 amide bonds. The zero-order valence-corrected chi connectivity index (χ0v) is 16.6. The highest BCUT2D eigenvalue weighted by molar-refractivity contribution is 5.14. The highest BCUT2D eigenvalue weighted by atomic mass is 16.6. The maximum Gasteiger partial charge on any atom is 0.145 e. The van der Waals surface area contributed by atoms with Crippen molar-refractivity contribution in [3.8, 4) is 0 Å². The zero-order valence-electron chi connectivity index (χ0n) is 16.6. The third-order valence-electron chi connectivity index (χ3n) is 5.39. The first-order chi connectivity index (χ1) is 13.3. The second kappa shape index (κ2) is 10.6. The lowest BCUT2D eigenvalue weighted by Crippen LogP contribution is -2.57. The molecule has 1 aliphatic rings. The average Bonchev–Trinajstić information content (AvgIpc) is 2.73. The molecule has 3 rings (SSSR count). The summed E-state index contributed by atoms with van der Waals surface area (Å²) in [5, 5.41) is 0. The molecule has 0 saturated carbocycles. The summed E-state index contributed by atoms with van der Waals surface area (Å²) in [5.41, 5.74) is 2.13. The number of benzene rings is 2. The molecule has 0 spiro atoms. The van der Waals surface area contributed by atoms with Gasteiger partial charge in [-0.1, -0.05) is 74.0 Å². The summed E-state index contributed by atoms with van der Waals surface area (Å²) < 4.78 is 12.8. The molecule has 1 aliphatic heterocycles. The fourth-order valence-electron chi connectivity index (χ4n) is 3.79. The summed E-state index contributed by atoms with van der Waals surface area (Å²) in [4.78, 5) is 2.54. The molecule has 1 heterocycles. The van der Waals surface area contributed by atoms with Crippen molar-refractivity contribution in [2.45, 2.75) is 58.0 Å². The maximum atomic E-state index is 6.61. The Morgan fingerprint density at radius 1 is 0.889 bits per heavy atom. The van der Waals surface area contributed by atoms with E-state index in [9.17, 15) is 0 Å². The molecule has 0 N–H and O–H groups in total. The minimum Gasteiger partial charge on any atom is -0.372 e. The Balaban J connectivity index is 1.67. The van der Waals surface area contributed by atoms with Gasteiger partial charge in [0.15, 0.2) is 0 Å². The molecule has 27 heavy (non-hydrogen) atoms. The lowest BCUT2D eigenvalue weighted by Gasteiger charge is -2.46. The molecule has 1 unspecified atom stereocenters. The van der Waals surface area contributed by atoms with Crippen LogP contribution >= 0.6 is 0 Å². The monoisotopic (exact) mass is 367 g/mol. The van der Waals surface area contributed by atoms with Crippen molar-refractivity contribution in [1.82, 2.24) is 4.90 Å². The number of piperidine rings is 1. The highest BCUT2D eigenvalue weighted by Crippen LogP contribution is 2.31. The number of rotatable bonds is 10. The van der Waals surface area contributed by atoms with E-state index >= 15 is 0 Å². The van der Waals surface area contributed by atoms with E-state index < -0.39 is 0 Å². The number of hydrogen-bond donors (Lipinski definition) is 0. The van der Waals surface area contributed by atoms with Crippen LogP contribution in [-0.2, 0) is 22.7 Å². The molecule has 0 radical (unpaired) electrons. The summed E-state index contributed by atoms with van der Waals surface area (Å²) in [6.45, 7) is 6.33. The van der Waals surface area contributed by atoms with E-state index in [1.165, 1.54) is 36.8 Å². The van der Waals surface area contributed by atoms with Gasteiger partial charge in [-0.15, -0.1) is 0 Å². The van der Waals surface area contributed by atoms with Crippen LogP contribution in [0.5, 0.6) is 0 Å². The molecular weight excluding hydrogens is 334 g/mol. The van der Waals surface area contributed by atoms with Crippen LogP contribution in [0.2, 0.25) is 0 Å². The minimum absolute atomic E-state index is 0.307. The van der Waals surface area contributed by atoms with E-state index in [2.05, 4.69) is 66.4 Å². The van der Waals surface area contributed by atoms with E-state index in [1.807, 2.05) is 6.07 Å². The Morgan fingerprint density at radius 3 is 2.22 bits per heavy atom. The Morgan fingerprint density at radius 2 is 1.56 bits per heavy atom. The topological polar surface area (TPSA) is 21.7 Å². The van der Waals surface area contributed by atoms with Gasteiger partial charge in [0.25, 0.3) is 0 Å². The first-order valence-corrected chi connectivity index (χ1v) is 10.4. The number of ether oxygens (including phenoxy) is 2. The van der Waals surface area contributed by atoms with Crippen LogP contribution < -0.4 is 0 Å². The molecule has 0 aliphatic carbocycles. The molecular formula is C24H33NO2. The summed E-state index contributed by atoms with van der Waals surface area (Å²) in [5.74, 6) is 0. The smallest absolute Gasteiger partial charge is 0.145 e. The fraction of sp³-hybridized carbons (Fsp3) is 0.500. The van der Waals surface area contributed by atoms with Crippen LogP contribution in [0.15, 0.2) is 60.7 Å². The van der Waals surface area contributed by atoms with Crippen LogP contribution in [0.1, 0.15) is 50.2 Å². The van der Waals surface area contributed by atoms with Crippen LogP contribution in [-0.4, -0.2) is 30.3 Å². The second-order valence-electron chi connectivity index (χ2n) is 7.50. The largest absolute Gasteiger partial charge is 0.372 e. The number of likely N-dealkylation sites (tertiary alicyclic amines) is 1. The van der Waals surface area contributed by atoms with Gasteiger partial charge in [0.05, 0.1) is 19.8 Å². The molecule has 0 aromatic heterocycles. The van der Waals surface area contributed by atoms with Gasteiger partial charge >= 0.3 is 0 Å². The van der Waals surface area contributed by atoms with Crippen molar-refractivity contribution >= 4 is 0 Å². The predicted octanol–water partition coefficient (Wildman–Crippen LogP) is 5.40. The van der Waals surface area contributed by atoms with Crippen molar-refractivity contribution in [2.24, 2.45) is 0 Å². The Kier molecular flexibility index (Phi) is 7.88. The van der Waals surface area contributed by atoms with E-state index in [-0.39, 0.29) is 5.72 Å². The van der Waals surface area contributed by atoms with Gasteiger partial charge in [-0.25, -0.2) is 0 Å². The third kappa shape index (κ3) is 5.90. The first kappa shape index (κ1) is 20.1. The van der Waals surface area contributed by atoms with E-state index in [1.54, 1.807) is 0 Å². The third-order valence-corrected chi connectivity index (χ3v) is 5.39. The van der Waals surface area contributed by atoms with Crippen molar-refractivity contribution in [2.75, 3.05) is 19.7 Å². The SMILES string of the molecule is CCCCN1CCCCC1(COCc1ccccc1)OCc1ccccc1. The quantitative estimate of drug-likeness (QED) is 0.561. The Bertz CT molecular complexity index is 646. The van der Waals surface area contributed by atoms with Crippen molar-refractivity contribution in [3.05, 3.63) is 71.8 Å². The van der Waals surface area contributed by atoms with Crippen molar-refractivity contribution in [3.63, 3.8) is 0 Å². The second-order valence-corrected chi connectivity index (χ2v) is 7.50. The zero-order chi connectivity index (χ0) is 18.8. The number of nitrogens with zero attached hydrogens (tertiary/aromatic N) is 1. The molecule has 1 fully saturated rings. The number of unbranched alkanes of at least 4 members (excludes halogenated alkanes) is 1. The number of hydrogen-bond acceptors (Lipinski definition) is 3. The van der Waals surface area contributed by atoms with E-state index in [4.69, 9.17) is 9.47 Å². The van der Waals surface area contributed by atoms with E-state index in [0.29, 0.717) is 19.8 Å². The lowest BCUT2D eigenvalue weighted by molar-refractivity contribution is -0.214. The summed E-state index contributed by atoms with van der Waals surface area (Å²) in [6.07, 6.45) is 5.90. The molecule has 1 saturated heterocycles. The first-order valence-electron chi connectivity index (χ1n) is 10.4. The summed E-state index contributed by atoms with van der Waals surface area (Å²) >= 11 is 0. The minimum atomic E-state index is -0.307. The fourth-order valence-corrected chi connectivity index (χ4v) is 3.79. The molecule has 2 aromatic carbocycles. The highest BCUT2D eigenvalue weighted by Gasteiger charge is 2.40. The van der Waals surface area contributed by atoms with Gasteiger partial charge in [0.2, 0.25) is 0 Å². The van der Waals surface area contributed by atoms with Crippen LogP contribution in [0, 0.1) is 0 Å².